The van der Waals surface area contributed by atoms with E-state index in [0.29, 0.717) is 32.8 Å². The Balaban J connectivity index is 0.00000256. The maximum Gasteiger partial charge on any atom is 0.246 e. The average molecular weight is 436 g/mol. The number of carbonyl (C=O) groups excluding carboxylic acids is 2. The van der Waals surface area contributed by atoms with E-state index in [1.54, 1.807) is 6.08 Å². The number of ether oxygens (including phenoxy) is 2. The van der Waals surface area contributed by atoms with Crippen molar-refractivity contribution in [1.82, 2.24) is 14.7 Å². The number of amides is 2. The predicted octanol–water partition coefficient (Wildman–Crippen LogP) is 2.05. The predicted molar refractivity (Wildman–Crippen MR) is 117 cm³/mol. The van der Waals surface area contributed by atoms with Crippen molar-refractivity contribution in [3.63, 3.8) is 0 Å². The Morgan fingerprint density at radius 1 is 0.867 bits per heavy atom. The van der Waals surface area contributed by atoms with Crippen LogP contribution in [0.4, 0.5) is 0 Å². The van der Waals surface area contributed by atoms with Crippen LogP contribution in [0.1, 0.15) is 24.8 Å². The Kier molecular flexibility index (Phi) is 7.99. The molecule has 2 amide bonds. The van der Waals surface area contributed by atoms with Crippen LogP contribution in [0.25, 0.3) is 6.08 Å². The summed E-state index contributed by atoms with van der Waals surface area (Å²) in [5.74, 6) is 1.71. The lowest BCUT2D eigenvalue weighted by molar-refractivity contribution is -0.132. The Hall–Kier alpha value is -2.25. The normalized spacial score (nSPS) is 19.5. The van der Waals surface area contributed by atoms with Crippen molar-refractivity contribution in [2.45, 2.75) is 19.3 Å². The molecule has 3 aliphatic heterocycles. The van der Waals surface area contributed by atoms with Crippen molar-refractivity contribution in [1.29, 1.82) is 0 Å². The summed E-state index contributed by atoms with van der Waals surface area (Å²) >= 11 is 0. The molecule has 164 valence electrons. The molecule has 0 aromatic heterocycles. The van der Waals surface area contributed by atoms with Crippen LogP contribution in [0.3, 0.4) is 0 Å². The lowest BCUT2D eigenvalue weighted by Crippen LogP contribution is -2.51. The molecule has 0 radical (unpaired) electrons. The molecule has 30 heavy (non-hydrogen) atoms. The number of likely N-dealkylation sites (tertiary alicyclic amines) is 1. The van der Waals surface area contributed by atoms with Crippen LogP contribution in [0.2, 0.25) is 0 Å². The van der Waals surface area contributed by atoms with Gasteiger partial charge in [0.1, 0.15) is 0 Å². The van der Waals surface area contributed by atoms with Crippen molar-refractivity contribution < 1.29 is 19.1 Å². The first-order valence-electron chi connectivity index (χ1n) is 10.6. The third kappa shape index (κ3) is 5.67. The van der Waals surface area contributed by atoms with Crippen LogP contribution in [-0.4, -0.2) is 85.5 Å². The minimum atomic E-state index is 0. The van der Waals surface area contributed by atoms with E-state index >= 15 is 0 Å². The zero-order valence-electron chi connectivity index (χ0n) is 17.3. The number of carbonyl (C=O) groups is 2. The molecule has 2 saturated heterocycles. The van der Waals surface area contributed by atoms with E-state index in [-0.39, 0.29) is 24.2 Å². The molecule has 8 heteroatoms. The van der Waals surface area contributed by atoms with Crippen molar-refractivity contribution in [2.24, 2.45) is 0 Å². The largest absolute Gasteiger partial charge is 0.490 e. The molecule has 0 bridgehead atoms. The van der Waals surface area contributed by atoms with Gasteiger partial charge in [-0.05, 0) is 36.6 Å². The highest BCUT2D eigenvalue weighted by atomic mass is 35.5. The number of hydrogen-bond donors (Lipinski definition) is 0. The van der Waals surface area contributed by atoms with Crippen LogP contribution in [0, 0.1) is 0 Å². The van der Waals surface area contributed by atoms with Crippen molar-refractivity contribution in [2.75, 3.05) is 59.0 Å². The smallest absolute Gasteiger partial charge is 0.246 e. The molecule has 7 nitrogen and oxygen atoms in total. The van der Waals surface area contributed by atoms with Crippen LogP contribution in [0.15, 0.2) is 24.3 Å². The fourth-order valence-electron chi connectivity index (χ4n) is 3.94. The highest BCUT2D eigenvalue weighted by Crippen LogP contribution is 2.30. The average Bonchev–Trinajstić information content (AvgIpc) is 3.19. The minimum Gasteiger partial charge on any atom is -0.490 e. The summed E-state index contributed by atoms with van der Waals surface area (Å²) in [5.41, 5.74) is 0.914. The van der Waals surface area contributed by atoms with Gasteiger partial charge in [-0.15, -0.1) is 12.4 Å². The number of rotatable bonds is 4. The molecule has 0 unspecified atom stereocenters. The number of hydrogen-bond acceptors (Lipinski definition) is 5. The standard InChI is InChI=1S/C22H29N3O4.ClH/c26-21(7-5-18-4-6-19-20(16-18)29-15-3-14-28-19)25-12-10-23(11-13-25)17-22(27)24-8-1-2-9-24;/h4-7,16H,1-3,8-15,17H2;1H/b7-5+;. The molecular formula is C22H30ClN3O4. The van der Waals surface area contributed by atoms with E-state index < -0.39 is 0 Å². The fourth-order valence-corrected chi connectivity index (χ4v) is 3.94. The molecule has 3 heterocycles. The molecule has 0 atom stereocenters. The van der Waals surface area contributed by atoms with Crippen LogP contribution >= 0.6 is 12.4 Å². The first-order chi connectivity index (χ1) is 14.2. The van der Waals surface area contributed by atoms with Gasteiger partial charge in [-0.2, -0.15) is 0 Å². The van der Waals surface area contributed by atoms with E-state index in [1.807, 2.05) is 34.1 Å². The maximum atomic E-state index is 12.5. The van der Waals surface area contributed by atoms with E-state index in [9.17, 15) is 9.59 Å². The second-order valence-electron chi connectivity index (χ2n) is 7.78. The topological polar surface area (TPSA) is 62.3 Å². The number of fused-ring (bicyclic) bond motifs is 1. The van der Waals surface area contributed by atoms with E-state index in [0.717, 1.165) is 62.5 Å². The van der Waals surface area contributed by atoms with Gasteiger partial charge in [0.2, 0.25) is 11.8 Å². The minimum absolute atomic E-state index is 0. The van der Waals surface area contributed by atoms with Gasteiger partial charge in [0.05, 0.1) is 19.8 Å². The Labute approximate surface area is 184 Å². The molecule has 0 saturated carbocycles. The molecule has 0 N–H and O–H groups in total. The monoisotopic (exact) mass is 435 g/mol. The number of piperazine rings is 1. The Morgan fingerprint density at radius 3 is 2.30 bits per heavy atom. The van der Waals surface area contributed by atoms with Gasteiger partial charge in [0.15, 0.2) is 11.5 Å². The molecule has 3 aliphatic rings. The van der Waals surface area contributed by atoms with Gasteiger partial charge in [0, 0.05) is 51.8 Å². The first-order valence-corrected chi connectivity index (χ1v) is 10.6. The highest BCUT2D eigenvalue weighted by Gasteiger charge is 2.24. The molecule has 2 fully saturated rings. The molecule has 0 spiro atoms. The van der Waals surface area contributed by atoms with Crippen molar-refractivity contribution in [3.05, 3.63) is 29.8 Å². The van der Waals surface area contributed by atoms with E-state index in [1.165, 1.54) is 0 Å². The molecule has 4 rings (SSSR count). The third-order valence-corrected chi connectivity index (χ3v) is 5.69. The van der Waals surface area contributed by atoms with Gasteiger partial charge in [0.25, 0.3) is 0 Å². The summed E-state index contributed by atoms with van der Waals surface area (Å²) in [6, 6.07) is 5.73. The van der Waals surface area contributed by atoms with Gasteiger partial charge >= 0.3 is 0 Å². The van der Waals surface area contributed by atoms with Crippen LogP contribution in [-0.2, 0) is 9.59 Å². The quantitative estimate of drug-likeness (QED) is 0.677. The molecule has 1 aromatic carbocycles. The summed E-state index contributed by atoms with van der Waals surface area (Å²) in [7, 11) is 0. The zero-order chi connectivity index (χ0) is 20.1. The summed E-state index contributed by atoms with van der Waals surface area (Å²) in [6.45, 7) is 6.33. The fraction of sp³-hybridized carbons (Fsp3) is 0.545. The van der Waals surface area contributed by atoms with Gasteiger partial charge in [-0.3, -0.25) is 14.5 Å². The van der Waals surface area contributed by atoms with Crippen LogP contribution in [0.5, 0.6) is 11.5 Å². The molecular weight excluding hydrogens is 406 g/mol. The Bertz CT molecular complexity index is 772. The van der Waals surface area contributed by atoms with Crippen molar-refractivity contribution in [3.8, 4) is 11.5 Å². The second kappa shape index (κ2) is 10.7. The van der Waals surface area contributed by atoms with E-state index in [2.05, 4.69) is 4.90 Å². The number of benzene rings is 1. The number of halogens is 1. The highest BCUT2D eigenvalue weighted by molar-refractivity contribution is 5.92. The lowest BCUT2D eigenvalue weighted by Gasteiger charge is -2.34. The van der Waals surface area contributed by atoms with Gasteiger partial charge < -0.3 is 19.3 Å². The van der Waals surface area contributed by atoms with Crippen molar-refractivity contribution >= 4 is 30.3 Å². The SMILES string of the molecule is Cl.O=C(/C=C/c1ccc2c(c1)OCCCO2)N1CCN(CC(=O)N2CCCC2)CC1. The second-order valence-corrected chi connectivity index (χ2v) is 7.78. The lowest BCUT2D eigenvalue weighted by atomic mass is 10.2. The summed E-state index contributed by atoms with van der Waals surface area (Å²) in [6.07, 6.45) is 6.53. The first kappa shape index (κ1) is 22.4. The summed E-state index contributed by atoms with van der Waals surface area (Å²) in [4.78, 5) is 30.8. The summed E-state index contributed by atoms with van der Waals surface area (Å²) < 4.78 is 11.3. The number of nitrogens with zero attached hydrogens (tertiary/aromatic N) is 3. The van der Waals surface area contributed by atoms with Crippen LogP contribution < -0.4 is 9.47 Å². The molecule has 0 aliphatic carbocycles. The summed E-state index contributed by atoms with van der Waals surface area (Å²) in [5, 5.41) is 0. The van der Waals surface area contributed by atoms with Gasteiger partial charge in [-0.25, -0.2) is 0 Å². The maximum absolute atomic E-state index is 12.5. The zero-order valence-corrected chi connectivity index (χ0v) is 18.1. The van der Waals surface area contributed by atoms with E-state index in [4.69, 9.17) is 9.47 Å². The third-order valence-electron chi connectivity index (χ3n) is 5.69. The molecule has 1 aromatic rings. The van der Waals surface area contributed by atoms with Gasteiger partial charge in [-0.1, -0.05) is 6.07 Å². The Morgan fingerprint density at radius 2 is 1.57 bits per heavy atom.